The zero-order valence-corrected chi connectivity index (χ0v) is 11.3. The van der Waals surface area contributed by atoms with E-state index >= 15 is 0 Å². The Morgan fingerprint density at radius 2 is 1.70 bits per heavy atom. The lowest BCUT2D eigenvalue weighted by atomic mass is 10.1. The minimum absolute atomic E-state index is 0.272. The van der Waals surface area contributed by atoms with Gasteiger partial charge in [0, 0.05) is 10.3 Å². The first kappa shape index (κ1) is 11.4. The summed E-state index contributed by atoms with van der Waals surface area (Å²) in [5, 5.41) is 3.28. The Morgan fingerprint density at radius 1 is 0.950 bits per heavy atom. The number of esters is 1. The van der Waals surface area contributed by atoms with Gasteiger partial charge in [-0.15, -0.1) is 11.3 Å². The van der Waals surface area contributed by atoms with E-state index in [1.165, 1.54) is 10.1 Å². The maximum atomic E-state index is 11.8. The van der Waals surface area contributed by atoms with E-state index in [-0.39, 0.29) is 5.97 Å². The van der Waals surface area contributed by atoms with E-state index in [1.54, 1.807) is 17.4 Å². The van der Waals surface area contributed by atoms with Crippen molar-refractivity contribution in [2.75, 3.05) is 0 Å². The summed E-state index contributed by atoms with van der Waals surface area (Å²) in [6, 6.07) is 15.7. The normalized spacial score (nSPS) is 15.6. The van der Waals surface area contributed by atoms with Crippen molar-refractivity contribution < 1.29 is 9.53 Å². The molecule has 2 heterocycles. The van der Waals surface area contributed by atoms with Crippen LogP contribution in [-0.4, -0.2) is 5.97 Å². The highest BCUT2D eigenvalue weighted by molar-refractivity contribution is 7.17. The molecule has 4 rings (SSSR count). The predicted molar refractivity (Wildman–Crippen MR) is 81.6 cm³/mol. The molecule has 0 N–H and O–H groups in total. The number of carbonyl (C=O) groups is 1. The van der Waals surface area contributed by atoms with E-state index in [0.717, 1.165) is 11.1 Å². The molecule has 0 atom stereocenters. The molecule has 1 aromatic heterocycles. The molecule has 3 heteroatoms. The molecule has 1 aliphatic heterocycles. The topological polar surface area (TPSA) is 26.3 Å². The van der Waals surface area contributed by atoms with Crippen LogP contribution >= 0.6 is 11.3 Å². The Kier molecular flexibility index (Phi) is 2.47. The van der Waals surface area contributed by atoms with Crippen LogP contribution in [0, 0.1) is 0 Å². The van der Waals surface area contributed by atoms with Gasteiger partial charge in [-0.1, -0.05) is 36.4 Å². The molecule has 2 nitrogen and oxygen atoms in total. The van der Waals surface area contributed by atoms with E-state index in [4.69, 9.17) is 4.74 Å². The summed E-state index contributed by atoms with van der Waals surface area (Å²) in [7, 11) is 0. The summed E-state index contributed by atoms with van der Waals surface area (Å²) < 4.78 is 6.61. The number of benzene rings is 2. The molecule has 3 aromatic rings. The Morgan fingerprint density at radius 3 is 2.60 bits per heavy atom. The first-order chi connectivity index (χ1) is 9.83. The average molecular weight is 278 g/mol. The van der Waals surface area contributed by atoms with Crippen LogP contribution in [0.3, 0.4) is 0 Å². The fourth-order valence-electron chi connectivity index (χ4n) is 2.44. The van der Waals surface area contributed by atoms with E-state index in [1.807, 2.05) is 36.4 Å². The molecule has 1 aliphatic rings. The minimum atomic E-state index is -0.272. The molecular weight excluding hydrogens is 268 g/mol. The molecule has 0 spiro atoms. The van der Waals surface area contributed by atoms with Crippen LogP contribution in [0.15, 0.2) is 53.9 Å². The second-order valence-electron chi connectivity index (χ2n) is 4.63. The van der Waals surface area contributed by atoms with Crippen LogP contribution < -0.4 is 0 Å². The third-order valence-corrected chi connectivity index (χ3v) is 4.39. The molecule has 0 fully saturated rings. The van der Waals surface area contributed by atoms with Gasteiger partial charge in [0.15, 0.2) is 0 Å². The van der Waals surface area contributed by atoms with Gasteiger partial charge in [0.05, 0.1) is 5.56 Å². The smallest absolute Gasteiger partial charge is 0.344 e. The maximum absolute atomic E-state index is 11.8. The van der Waals surface area contributed by atoms with Crippen LogP contribution in [0.1, 0.15) is 21.5 Å². The van der Waals surface area contributed by atoms with Crippen LogP contribution in [0.4, 0.5) is 0 Å². The minimum Gasteiger partial charge on any atom is -0.422 e. The maximum Gasteiger partial charge on any atom is 0.344 e. The van der Waals surface area contributed by atoms with Crippen molar-refractivity contribution in [3.63, 3.8) is 0 Å². The highest BCUT2D eigenvalue weighted by Crippen LogP contribution is 2.34. The molecule has 2 aromatic carbocycles. The quantitative estimate of drug-likeness (QED) is 0.609. The van der Waals surface area contributed by atoms with Crippen LogP contribution in [0.2, 0.25) is 0 Å². The van der Waals surface area contributed by atoms with Crippen LogP contribution in [-0.2, 0) is 4.74 Å². The van der Waals surface area contributed by atoms with Crippen LogP contribution in [0.5, 0.6) is 0 Å². The third-order valence-electron chi connectivity index (χ3n) is 3.41. The van der Waals surface area contributed by atoms with Gasteiger partial charge in [-0.05, 0) is 34.5 Å². The summed E-state index contributed by atoms with van der Waals surface area (Å²) in [6.07, 6.45) is 1.95. The summed E-state index contributed by atoms with van der Waals surface area (Å²) >= 11 is 1.69. The van der Waals surface area contributed by atoms with E-state index in [9.17, 15) is 4.79 Å². The van der Waals surface area contributed by atoms with Gasteiger partial charge < -0.3 is 4.74 Å². The van der Waals surface area contributed by atoms with Crippen molar-refractivity contribution in [3.05, 3.63) is 70.6 Å². The number of cyclic esters (lactones) is 1. The highest BCUT2D eigenvalue weighted by Gasteiger charge is 2.25. The zero-order chi connectivity index (χ0) is 13.5. The van der Waals surface area contributed by atoms with Gasteiger partial charge in [-0.3, -0.25) is 0 Å². The Hall–Kier alpha value is -2.39. The van der Waals surface area contributed by atoms with E-state index in [2.05, 4.69) is 17.5 Å². The Balaban J connectivity index is 1.88. The molecule has 0 saturated heterocycles. The van der Waals surface area contributed by atoms with Crippen molar-refractivity contribution in [2.24, 2.45) is 0 Å². The summed E-state index contributed by atoms with van der Waals surface area (Å²) in [5.74, 6) is 0.362. The number of ether oxygens (including phenoxy) is 1. The predicted octanol–water partition coefficient (Wildman–Crippen LogP) is 4.57. The van der Waals surface area contributed by atoms with Crippen molar-refractivity contribution in [1.29, 1.82) is 0 Å². The number of fused-ring (bicyclic) bond motifs is 2. The Labute approximate surface area is 119 Å². The van der Waals surface area contributed by atoms with Crippen molar-refractivity contribution >= 4 is 39.2 Å². The largest absolute Gasteiger partial charge is 0.422 e. The first-order valence-corrected chi connectivity index (χ1v) is 7.20. The molecule has 96 valence electrons. The lowest BCUT2D eigenvalue weighted by Crippen LogP contribution is -1.92. The molecule has 0 unspecified atom stereocenters. The zero-order valence-electron chi connectivity index (χ0n) is 10.5. The monoisotopic (exact) mass is 278 g/mol. The number of thiophene rings is 1. The number of carbonyl (C=O) groups excluding carboxylic acids is 1. The van der Waals surface area contributed by atoms with Gasteiger partial charge in [-0.2, -0.15) is 0 Å². The standard InChI is InChI=1S/C17H10O2S/c18-17-14-7-2-1-6-13(14)15(19-17)9-11-10-20-16-8-4-3-5-12(11)16/h1-10H/b15-9+. The van der Waals surface area contributed by atoms with Crippen molar-refractivity contribution in [1.82, 2.24) is 0 Å². The molecule has 0 bridgehead atoms. The van der Waals surface area contributed by atoms with Crippen LogP contribution in [0.25, 0.3) is 21.9 Å². The van der Waals surface area contributed by atoms with Crippen molar-refractivity contribution in [3.8, 4) is 0 Å². The van der Waals surface area contributed by atoms with E-state index in [0.29, 0.717) is 11.3 Å². The lowest BCUT2D eigenvalue weighted by Gasteiger charge is -1.98. The van der Waals surface area contributed by atoms with Gasteiger partial charge in [0.25, 0.3) is 0 Å². The number of rotatable bonds is 1. The second kappa shape index (κ2) is 4.32. The molecule has 0 amide bonds. The number of hydrogen-bond donors (Lipinski definition) is 0. The van der Waals surface area contributed by atoms with Gasteiger partial charge in [0.1, 0.15) is 5.76 Å². The summed E-state index contributed by atoms with van der Waals surface area (Å²) in [4.78, 5) is 11.8. The van der Waals surface area contributed by atoms with Gasteiger partial charge in [-0.25, -0.2) is 4.79 Å². The average Bonchev–Trinajstić information content (AvgIpc) is 3.03. The second-order valence-corrected chi connectivity index (χ2v) is 5.54. The Bertz CT molecular complexity index is 858. The van der Waals surface area contributed by atoms with E-state index < -0.39 is 0 Å². The molecular formula is C17H10O2S. The third kappa shape index (κ3) is 1.67. The van der Waals surface area contributed by atoms with Crippen molar-refractivity contribution in [2.45, 2.75) is 0 Å². The molecule has 0 aliphatic carbocycles. The van der Waals surface area contributed by atoms with Gasteiger partial charge >= 0.3 is 5.97 Å². The summed E-state index contributed by atoms with van der Waals surface area (Å²) in [6.45, 7) is 0. The number of hydrogen-bond acceptors (Lipinski definition) is 3. The SMILES string of the molecule is O=C1O/C(=C/c2csc3ccccc23)c2ccccc21. The first-order valence-electron chi connectivity index (χ1n) is 6.32. The molecule has 0 saturated carbocycles. The summed E-state index contributed by atoms with van der Waals surface area (Å²) in [5.41, 5.74) is 2.59. The lowest BCUT2D eigenvalue weighted by molar-refractivity contribution is 0.0717. The fourth-order valence-corrected chi connectivity index (χ4v) is 3.36. The molecule has 0 radical (unpaired) electrons. The highest BCUT2D eigenvalue weighted by atomic mass is 32.1. The fraction of sp³-hybridized carbons (Fsp3) is 0. The van der Waals surface area contributed by atoms with Gasteiger partial charge in [0.2, 0.25) is 0 Å². The molecule has 20 heavy (non-hydrogen) atoms.